The molecule has 21 heavy (non-hydrogen) atoms. The molecule has 0 aliphatic carbocycles. The molecular formula is C13H21NO5S2. The van der Waals surface area contributed by atoms with Gasteiger partial charge in [-0.15, -0.1) is 11.3 Å². The van der Waals surface area contributed by atoms with E-state index in [1.54, 1.807) is 0 Å². The monoisotopic (exact) mass is 335 g/mol. The molecule has 0 bridgehead atoms. The molecule has 0 radical (unpaired) electrons. The highest BCUT2D eigenvalue weighted by Crippen LogP contribution is 2.23. The van der Waals surface area contributed by atoms with Crippen LogP contribution in [-0.4, -0.2) is 39.3 Å². The van der Waals surface area contributed by atoms with E-state index in [1.165, 1.54) is 18.6 Å². The maximum Gasteiger partial charge on any atom is 0.349 e. The van der Waals surface area contributed by atoms with Crippen molar-refractivity contribution in [3.63, 3.8) is 0 Å². The second-order valence-corrected chi connectivity index (χ2v) is 7.25. The van der Waals surface area contributed by atoms with Gasteiger partial charge in [-0.05, 0) is 17.4 Å². The quantitative estimate of drug-likeness (QED) is 0.704. The molecule has 1 aromatic rings. The number of aliphatic hydroxyl groups is 1. The van der Waals surface area contributed by atoms with Crippen molar-refractivity contribution in [2.75, 3.05) is 13.7 Å². The predicted octanol–water partition coefficient (Wildman–Crippen LogP) is 1.61. The van der Waals surface area contributed by atoms with Gasteiger partial charge in [0.15, 0.2) is 0 Å². The minimum Gasteiger partial charge on any atom is -0.465 e. The number of thiophene rings is 1. The summed E-state index contributed by atoms with van der Waals surface area (Å²) in [5.74, 6) is -0.652. The highest BCUT2D eigenvalue weighted by atomic mass is 32.2. The number of hydrogen-bond donors (Lipinski definition) is 2. The lowest BCUT2D eigenvalue weighted by Gasteiger charge is -2.20. The van der Waals surface area contributed by atoms with E-state index < -0.39 is 22.1 Å². The SMILES string of the molecule is CCC(CC)C(O)CNS(=O)(=O)c1ccsc1C(=O)OC. The van der Waals surface area contributed by atoms with E-state index in [4.69, 9.17) is 0 Å². The van der Waals surface area contributed by atoms with Crippen LogP contribution in [0.1, 0.15) is 36.4 Å². The lowest BCUT2D eigenvalue weighted by Crippen LogP contribution is -2.36. The highest BCUT2D eigenvalue weighted by Gasteiger charge is 2.26. The van der Waals surface area contributed by atoms with Crippen molar-refractivity contribution in [2.45, 2.75) is 37.7 Å². The van der Waals surface area contributed by atoms with E-state index in [2.05, 4.69) is 9.46 Å². The van der Waals surface area contributed by atoms with Crippen LogP contribution in [0.15, 0.2) is 16.3 Å². The van der Waals surface area contributed by atoms with Crippen molar-refractivity contribution in [1.82, 2.24) is 4.72 Å². The molecule has 0 spiro atoms. The minimum atomic E-state index is -3.85. The largest absolute Gasteiger partial charge is 0.465 e. The van der Waals surface area contributed by atoms with E-state index in [9.17, 15) is 18.3 Å². The first-order valence-electron chi connectivity index (χ1n) is 6.70. The summed E-state index contributed by atoms with van der Waals surface area (Å²) < 4.78 is 31.3. The van der Waals surface area contributed by atoms with Crippen molar-refractivity contribution in [1.29, 1.82) is 0 Å². The zero-order valence-electron chi connectivity index (χ0n) is 12.3. The Morgan fingerprint density at radius 1 is 1.43 bits per heavy atom. The molecule has 0 aromatic carbocycles. The second kappa shape index (κ2) is 7.88. The fraction of sp³-hybridized carbons (Fsp3) is 0.615. The summed E-state index contributed by atoms with van der Waals surface area (Å²) in [5.41, 5.74) is 0. The zero-order chi connectivity index (χ0) is 16.0. The van der Waals surface area contributed by atoms with Crippen molar-refractivity contribution in [3.8, 4) is 0 Å². The van der Waals surface area contributed by atoms with Crippen LogP contribution in [-0.2, 0) is 14.8 Å². The van der Waals surface area contributed by atoms with Gasteiger partial charge in [0, 0.05) is 6.54 Å². The van der Waals surface area contributed by atoms with Crippen LogP contribution in [0, 0.1) is 5.92 Å². The van der Waals surface area contributed by atoms with E-state index in [0.717, 1.165) is 24.2 Å². The number of carbonyl (C=O) groups excluding carboxylic acids is 1. The molecular weight excluding hydrogens is 314 g/mol. The summed E-state index contributed by atoms with van der Waals surface area (Å²) in [6.45, 7) is 3.81. The Labute approximate surface area is 129 Å². The smallest absolute Gasteiger partial charge is 0.349 e. The average molecular weight is 335 g/mol. The number of nitrogens with one attached hydrogen (secondary N) is 1. The Bertz CT molecular complexity index is 563. The Morgan fingerprint density at radius 2 is 2.05 bits per heavy atom. The van der Waals surface area contributed by atoms with Crippen LogP contribution < -0.4 is 4.72 Å². The summed E-state index contributed by atoms with van der Waals surface area (Å²) in [6, 6.07) is 1.35. The maximum atomic E-state index is 12.2. The van der Waals surface area contributed by atoms with Gasteiger partial charge in [-0.2, -0.15) is 0 Å². The lowest BCUT2D eigenvalue weighted by atomic mass is 9.97. The van der Waals surface area contributed by atoms with Crippen LogP contribution in [0.3, 0.4) is 0 Å². The summed E-state index contributed by atoms with van der Waals surface area (Å²) in [4.78, 5) is 11.4. The molecule has 0 aliphatic rings. The first-order valence-corrected chi connectivity index (χ1v) is 9.07. The molecule has 1 unspecified atom stereocenters. The van der Waals surface area contributed by atoms with Gasteiger partial charge in [0.2, 0.25) is 10.0 Å². The van der Waals surface area contributed by atoms with Gasteiger partial charge in [-0.25, -0.2) is 17.9 Å². The van der Waals surface area contributed by atoms with E-state index in [1.807, 2.05) is 13.8 Å². The Balaban J connectivity index is 2.84. The third-order valence-electron chi connectivity index (χ3n) is 3.36. The number of hydrogen-bond acceptors (Lipinski definition) is 6. The summed E-state index contributed by atoms with van der Waals surface area (Å²) in [6.07, 6.45) is 0.784. The molecule has 0 saturated carbocycles. The molecule has 0 fully saturated rings. The molecule has 8 heteroatoms. The van der Waals surface area contributed by atoms with Gasteiger partial charge >= 0.3 is 5.97 Å². The number of esters is 1. The summed E-state index contributed by atoms with van der Waals surface area (Å²) >= 11 is 1.00. The Hall–Kier alpha value is -0.960. The molecule has 1 aromatic heterocycles. The number of carbonyl (C=O) groups is 1. The fourth-order valence-electron chi connectivity index (χ4n) is 2.02. The van der Waals surface area contributed by atoms with Crippen LogP contribution in [0.25, 0.3) is 0 Å². The first kappa shape index (κ1) is 18.1. The molecule has 2 N–H and O–H groups in total. The van der Waals surface area contributed by atoms with Gasteiger partial charge in [-0.1, -0.05) is 26.7 Å². The number of aliphatic hydroxyl groups excluding tert-OH is 1. The Kier molecular flexibility index (Phi) is 6.79. The van der Waals surface area contributed by atoms with Crippen LogP contribution in [0.2, 0.25) is 0 Å². The maximum absolute atomic E-state index is 12.2. The van der Waals surface area contributed by atoms with Gasteiger partial charge < -0.3 is 9.84 Å². The number of ether oxygens (including phenoxy) is 1. The molecule has 0 saturated heterocycles. The molecule has 1 heterocycles. The topological polar surface area (TPSA) is 92.7 Å². The molecule has 6 nitrogen and oxygen atoms in total. The third kappa shape index (κ3) is 4.50. The molecule has 1 rings (SSSR count). The van der Waals surface area contributed by atoms with E-state index in [-0.39, 0.29) is 22.2 Å². The standard InChI is InChI=1S/C13H21NO5S2/c1-4-9(5-2)10(15)8-14-21(17,18)11-6-7-20-12(11)13(16)19-3/h6-7,9-10,14-15H,4-5,8H2,1-3H3. The Morgan fingerprint density at radius 3 is 2.57 bits per heavy atom. The fourth-order valence-corrected chi connectivity index (χ4v) is 4.41. The first-order chi connectivity index (χ1) is 9.87. The molecule has 1 atom stereocenters. The second-order valence-electron chi connectivity index (χ2n) is 4.60. The van der Waals surface area contributed by atoms with Crippen molar-refractivity contribution >= 4 is 27.3 Å². The van der Waals surface area contributed by atoms with Crippen LogP contribution >= 0.6 is 11.3 Å². The van der Waals surface area contributed by atoms with Crippen molar-refractivity contribution < 1.29 is 23.1 Å². The van der Waals surface area contributed by atoms with Crippen LogP contribution in [0.5, 0.6) is 0 Å². The van der Waals surface area contributed by atoms with Gasteiger partial charge in [-0.3, -0.25) is 0 Å². The molecule has 120 valence electrons. The minimum absolute atomic E-state index is 0.0297. The average Bonchev–Trinajstić information content (AvgIpc) is 2.96. The van der Waals surface area contributed by atoms with Crippen molar-refractivity contribution in [2.24, 2.45) is 5.92 Å². The highest BCUT2D eigenvalue weighted by molar-refractivity contribution is 7.89. The normalized spacial score (nSPS) is 13.4. The third-order valence-corrected chi connectivity index (χ3v) is 5.85. The predicted molar refractivity (Wildman–Crippen MR) is 80.9 cm³/mol. The molecule has 0 amide bonds. The zero-order valence-corrected chi connectivity index (χ0v) is 14.0. The number of sulfonamides is 1. The summed E-state index contributed by atoms with van der Waals surface area (Å²) in [5, 5.41) is 11.5. The molecule has 0 aliphatic heterocycles. The van der Waals surface area contributed by atoms with Gasteiger partial charge in [0.05, 0.1) is 13.2 Å². The summed E-state index contributed by atoms with van der Waals surface area (Å²) in [7, 11) is -2.65. The number of methoxy groups -OCH3 is 1. The van der Waals surface area contributed by atoms with Crippen molar-refractivity contribution in [3.05, 3.63) is 16.3 Å². The van der Waals surface area contributed by atoms with E-state index in [0.29, 0.717) is 0 Å². The van der Waals surface area contributed by atoms with Crippen LogP contribution in [0.4, 0.5) is 0 Å². The number of rotatable bonds is 8. The lowest BCUT2D eigenvalue weighted by molar-refractivity contribution is 0.0602. The van der Waals surface area contributed by atoms with Gasteiger partial charge in [0.25, 0.3) is 0 Å². The van der Waals surface area contributed by atoms with Gasteiger partial charge in [0.1, 0.15) is 9.77 Å². The van der Waals surface area contributed by atoms with E-state index >= 15 is 0 Å².